The minimum atomic E-state index is 0.00950. The lowest BCUT2D eigenvalue weighted by Crippen LogP contribution is -2.51. The van der Waals surface area contributed by atoms with Gasteiger partial charge in [0.2, 0.25) is 5.91 Å². The largest absolute Gasteiger partial charge is 0.332 e. The van der Waals surface area contributed by atoms with E-state index < -0.39 is 0 Å². The zero-order valence-corrected chi connectivity index (χ0v) is 10.8. The highest BCUT2D eigenvalue weighted by atomic mass is 16.2. The number of nitrogens with one attached hydrogen (secondary N) is 1. The Morgan fingerprint density at radius 2 is 2.39 bits per heavy atom. The van der Waals surface area contributed by atoms with Crippen LogP contribution >= 0.6 is 0 Å². The third-order valence-electron chi connectivity index (χ3n) is 4.02. The Kier molecular flexibility index (Phi) is 3.07. The maximum absolute atomic E-state index is 12.5. The van der Waals surface area contributed by atoms with E-state index in [1.807, 2.05) is 17.3 Å². The lowest BCUT2D eigenvalue weighted by atomic mass is 9.93. The van der Waals surface area contributed by atoms with E-state index in [0.29, 0.717) is 12.5 Å². The maximum atomic E-state index is 12.5. The summed E-state index contributed by atoms with van der Waals surface area (Å²) in [6.45, 7) is 5.50. The van der Waals surface area contributed by atoms with Crippen molar-refractivity contribution in [3.63, 3.8) is 0 Å². The lowest BCUT2D eigenvalue weighted by Gasteiger charge is -2.34. The third-order valence-corrected chi connectivity index (χ3v) is 4.02. The first-order valence-electron chi connectivity index (χ1n) is 6.76. The van der Waals surface area contributed by atoms with E-state index in [0.717, 1.165) is 31.9 Å². The zero-order chi connectivity index (χ0) is 12.5. The second kappa shape index (κ2) is 4.72. The average molecular weight is 248 g/mol. The molecule has 3 rings (SSSR count). The van der Waals surface area contributed by atoms with Crippen molar-refractivity contribution in [1.82, 2.24) is 19.8 Å². The Morgan fingerprint density at radius 1 is 1.50 bits per heavy atom. The summed E-state index contributed by atoms with van der Waals surface area (Å²) in [4.78, 5) is 18.7. The van der Waals surface area contributed by atoms with Crippen LogP contribution in [-0.4, -0.2) is 39.5 Å². The molecule has 0 aromatic carbocycles. The van der Waals surface area contributed by atoms with Crippen LogP contribution in [0.1, 0.15) is 25.6 Å². The SMILES string of the molecule is CC1CCNC(C(=O)N2CCn3ccnc3C2)C1. The minimum Gasteiger partial charge on any atom is -0.332 e. The van der Waals surface area contributed by atoms with Gasteiger partial charge in [-0.3, -0.25) is 4.79 Å². The molecule has 0 spiro atoms. The van der Waals surface area contributed by atoms with Crippen molar-refractivity contribution >= 4 is 5.91 Å². The van der Waals surface area contributed by atoms with Crippen molar-refractivity contribution in [3.05, 3.63) is 18.2 Å². The van der Waals surface area contributed by atoms with E-state index in [9.17, 15) is 4.79 Å². The Bertz CT molecular complexity index is 442. The molecule has 2 atom stereocenters. The first-order chi connectivity index (χ1) is 8.74. The van der Waals surface area contributed by atoms with Crippen molar-refractivity contribution in [2.75, 3.05) is 13.1 Å². The van der Waals surface area contributed by atoms with Gasteiger partial charge in [0.15, 0.2) is 0 Å². The Labute approximate surface area is 107 Å². The lowest BCUT2D eigenvalue weighted by molar-refractivity contribution is -0.136. The quantitative estimate of drug-likeness (QED) is 0.792. The van der Waals surface area contributed by atoms with E-state index in [1.165, 1.54) is 6.42 Å². The molecule has 0 radical (unpaired) electrons. The summed E-state index contributed by atoms with van der Waals surface area (Å²) in [5.74, 6) is 1.89. The highest BCUT2D eigenvalue weighted by molar-refractivity contribution is 5.82. The molecule has 2 aliphatic heterocycles. The summed E-state index contributed by atoms with van der Waals surface area (Å²) in [6, 6.07) is 0.00950. The third kappa shape index (κ3) is 2.14. The monoisotopic (exact) mass is 248 g/mol. The number of piperidine rings is 1. The fraction of sp³-hybridized carbons (Fsp3) is 0.692. The van der Waals surface area contributed by atoms with Gasteiger partial charge in [-0.05, 0) is 25.3 Å². The molecule has 5 heteroatoms. The summed E-state index contributed by atoms with van der Waals surface area (Å²) >= 11 is 0. The predicted octanol–water partition coefficient (Wildman–Crippen LogP) is 0.613. The summed E-state index contributed by atoms with van der Waals surface area (Å²) in [5.41, 5.74) is 0. The molecule has 3 heterocycles. The second-order valence-electron chi connectivity index (χ2n) is 5.43. The van der Waals surface area contributed by atoms with Gasteiger partial charge in [0.05, 0.1) is 12.6 Å². The number of hydrogen-bond acceptors (Lipinski definition) is 3. The van der Waals surface area contributed by atoms with Gasteiger partial charge in [-0.15, -0.1) is 0 Å². The smallest absolute Gasteiger partial charge is 0.240 e. The fourth-order valence-electron chi connectivity index (χ4n) is 2.88. The number of nitrogens with zero attached hydrogens (tertiary/aromatic N) is 3. The van der Waals surface area contributed by atoms with Gasteiger partial charge in [0.25, 0.3) is 0 Å². The van der Waals surface area contributed by atoms with Gasteiger partial charge < -0.3 is 14.8 Å². The second-order valence-corrected chi connectivity index (χ2v) is 5.43. The molecule has 1 saturated heterocycles. The molecule has 1 N–H and O–H groups in total. The van der Waals surface area contributed by atoms with Gasteiger partial charge in [0.1, 0.15) is 5.82 Å². The number of rotatable bonds is 1. The van der Waals surface area contributed by atoms with Gasteiger partial charge >= 0.3 is 0 Å². The molecule has 1 amide bonds. The normalized spacial score (nSPS) is 27.9. The van der Waals surface area contributed by atoms with Gasteiger partial charge in [-0.1, -0.05) is 6.92 Å². The Balaban J connectivity index is 1.67. The highest BCUT2D eigenvalue weighted by Gasteiger charge is 2.30. The Hall–Kier alpha value is -1.36. The maximum Gasteiger partial charge on any atom is 0.240 e. The summed E-state index contributed by atoms with van der Waals surface area (Å²) in [7, 11) is 0. The van der Waals surface area contributed by atoms with Crippen LogP contribution in [0.2, 0.25) is 0 Å². The molecular formula is C13H20N4O. The number of hydrogen-bond donors (Lipinski definition) is 1. The van der Waals surface area contributed by atoms with Crippen molar-refractivity contribution in [1.29, 1.82) is 0 Å². The first kappa shape index (κ1) is 11.7. The molecule has 18 heavy (non-hydrogen) atoms. The van der Waals surface area contributed by atoms with Crippen molar-refractivity contribution in [2.24, 2.45) is 5.92 Å². The van der Waals surface area contributed by atoms with Crippen LogP contribution in [0.3, 0.4) is 0 Å². The molecule has 1 aromatic heterocycles. The fourth-order valence-corrected chi connectivity index (χ4v) is 2.88. The van der Waals surface area contributed by atoms with Gasteiger partial charge in [-0.25, -0.2) is 4.98 Å². The summed E-state index contributed by atoms with van der Waals surface area (Å²) in [5, 5.41) is 3.35. The van der Waals surface area contributed by atoms with E-state index in [4.69, 9.17) is 0 Å². The number of amides is 1. The van der Waals surface area contributed by atoms with E-state index >= 15 is 0 Å². The molecule has 1 fully saturated rings. The van der Waals surface area contributed by atoms with Crippen LogP contribution in [0.4, 0.5) is 0 Å². The van der Waals surface area contributed by atoms with Gasteiger partial charge in [0, 0.05) is 25.5 Å². The number of aromatic nitrogens is 2. The summed E-state index contributed by atoms with van der Waals surface area (Å²) < 4.78 is 2.13. The van der Waals surface area contributed by atoms with E-state index in [2.05, 4.69) is 21.8 Å². The van der Waals surface area contributed by atoms with Crippen LogP contribution in [0.15, 0.2) is 12.4 Å². The van der Waals surface area contributed by atoms with Crippen molar-refractivity contribution < 1.29 is 4.79 Å². The molecule has 0 saturated carbocycles. The Morgan fingerprint density at radius 3 is 3.22 bits per heavy atom. The minimum absolute atomic E-state index is 0.00950. The molecule has 0 aliphatic carbocycles. The van der Waals surface area contributed by atoms with Crippen LogP contribution in [0.5, 0.6) is 0 Å². The summed E-state index contributed by atoms with van der Waals surface area (Å²) in [6.07, 6.45) is 5.93. The number of carbonyl (C=O) groups excluding carboxylic acids is 1. The molecule has 2 aliphatic rings. The average Bonchev–Trinajstić information content (AvgIpc) is 2.85. The molecule has 1 aromatic rings. The molecule has 2 unspecified atom stereocenters. The predicted molar refractivity (Wildman–Crippen MR) is 67.8 cm³/mol. The van der Waals surface area contributed by atoms with Crippen molar-refractivity contribution in [2.45, 2.75) is 38.9 Å². The molecule has 5 nitrogen and oxygen atoms in total. The van der Waals surface area contributed by atoms with Crippen LogP contribution in [0, 0.1) is 5.92 Å². The molecular weight excluding hydrogens is 228 g/mol. The highest BCUT2D eigenvalue weighted by Crippen LogP contribution is 2.19. The van der Waals surface area contributed by atoms with Crippen LogP contribution < -0.4 is 5.32 Å². The van der Waals surface area contributed by atoms with E-state index in [-0.39, 0.29) is 11.9 Å². The van der Waals surface area contributed by atoms with Crippen LogP contribution in [-0.2, 0) is 17.9 Å². The topological polar surface area (TPSA) is 50.2 Å². The first-order valence-corrected chi connectivity index (χ1v) is 6.76. The van der Waals surface area contributed by atoms with E-state index in [1.54, 1.807) is 0 Å². The van der Waals surface area contributed by atoms with Crippen molar-refractivity contribution in [3.8, 4) is 0 Å². The van der Waals surface area contributed by atoms with Gasteiger partial charge in [-0.2, -0.15) is 0 Å². The zero-order valence-electron chi connectivity index (χ0n) is 10.8. The number of carbonyl (C=O) groups is 1. The molecule has 0 bridgehead atoms. The van der Waals surface area contributed by atoms with Crippen LogP contribution in [0.25, 0.3) is 0 Å². The standard InChI is InChI=1S/C13H20N4O/c1-10-2-3-14-11(8-10)13(18)17-7-6-16-5-4-15-12(16)9-17/h4-5,10-11,14H,2-3,6-9H2,1H3. The molecule has 98 valence electrons. The number of imidazole rings is 1. The number of fused-ring (bicyclic) bond motifs is 1.